The molecule has 0 aliphatic carbocycles. The van der Waals surface area contributed by atoms with Crippen LogP contribution >= 0.6 is 0 Å². The number of likely N-dealkylation sites (tertiary alicyclic amines) is 2. The van der Waals surface area contributed by atoms with Gasteiger partial charge in [-0.15, -0.1) is 0 Å². The molecule has 4 nitrogen and oxygen atoms in total. The summed E-state index contributed by atoms with van der Waals surface area (Å²) in [6.45, 7) is 6.10. The quantitative estimate of drug-likeness (QED) is 0.849. The maximum Gasteiger partial charge on any atom is 0.253 e. The van der Waals surface area contributed by atoms with Crippen molar-refractivity contribution in [2.45, 2.75) is 38.6 Å². The summed E-state index contributed by atoms with van der Waals surface area (Å²) in [5, 5.41) is 0. The molecule has 1 atom stereocenters. The highest BCUT2D eigenvalue weighted by Gasteiger charge is 2.31. The molecular weight excluding hydrogens is 262 g/mol. The second kappa shape index (κ2) is 6.06. The first-order valence-electron chi connectivity index (χ1n) is 8.04. The lowest BCUT2D eigenvalue weighted by Gasteiger charge is -2.32. The van der Waals surface area contributed by atoms with Gasteiger partial charge in [-0.1, -0.05) is 12.5 Å². The maximum absolute atomic E-state index is 12.6. The molecule has 2 N–H and O–H groups in total. The van der Waals surface area contributed by atoms with Crippen molar-refractivity contribution in [3.8, 4) is 0 Å². The van der Waals surface area contributed by atoms with E-state index in [1.807, 2.05) is 30.0 Å². The molecule has 21 heavy (non-hydrogen) atoms. The Morgan fingerprint density at radius 3 is 2.67 bits per heavy atom. The molecule has 1 aromatic rings. The number of nitrogens with two attached hydrogens (primary N) is 1. The van der Waals surface area contributed by atoms with Crippen LogP contribution in [-0.2, 0) is 0 Å². The molecule has 3 rings (SSSR count). The van der Waals surface area contributed by atoms with E-state index in [0.29, 0.717) is 11.7 Å². The Morgan fingerprint density at radius 1 is 1.19 bits per heavy atom. The molecule has 2 aliphatic heterocycles. The number of anilines is 1. The number of rotatable bonds is 2. The fourth-order valence-electron chi connectivity index (χ4n) is 3.46. The van der Waals surface area contributed by atoms with Gasteiger partial charge in [-0.05, 0) is 57.0 Å². The van der Waals surface area contributed by atoms with Crippen molar-refractivity contribution in [2.24, 2.45) is 0 Å². The lowest BCUT2D eigenvalue weighted by Crippen LogP contribution is -2.41. The van der Waals surface area contributed by atoms with Gasteiger partial charge in [0.25, 0.3) is 5.91 Å². The minimum atomic E-state index is 0.126. The Bertz CT molecular complexity index is 523. The van der Waals surface area contributed by atoms with E-state index in [4.69, 9.17) is 5.73 Å². The van der Waals surface area contributed by atoms with E-state index in [9.17, 15) is 4.79 Å². The zero-order chi connectivity index (χ0) is 14.8. The van der Waals surface area contributed by atoms with Crippen molar-refractivity contribution in [2.75, 3.05) is 31.9 Å². The van der Waals surface area contributed by atoms with Crippen LogP contribution in [0.5, 0.6) is 0 Å². The molecule has 0 spiro atoms. The van der Waals surface area contributed by atoms with E-state index >= 15 is 0 Å². The van der Waals surface area contributed by atoms with E-state index in [2.05, 4.69) is 4.90 Å². The topological polar surface area (TPSA) is 49.6 Å². The average molecular weight is 287 g/mol. The Balaban J connectivity index is 1.64. The molecule has 0 saturated carbocycles. The highest BCUT2D eigenvalue weighted by Crippen LogP contribution is 2.22. The minimum absolute atomic E-state index is 0.126. The molecule has 0 radical (unpaired) electrons. The Kier molecular flexibility index (Phi) is 4.15. The van der Waals surface area contributed by atoms with Crippen LogP contribution in [0.15, 0.2) is 18.2 Å². The lowest BCUT2D eigenvalue weighted by molar-refractivity contribution is 0.0771. The number of hydrogen-bond acceptors (Lipinski definition) is 3. The fraction of sp³-hybridized carbons (Fsp3) is 0.588. The van der Waals surface area contributed by atoms with Gasteiger partial charge in [-0.2, -0.15) is 0 Å². The largest absolute Gasteiger partial charge is 0.398 e. The summed E-state index contributed by atoms with van der Waals surface area (Å²) in [4.78, 5) is 17.1. The van der Waals surface area contributed by atoms with Crippen molar-refractivity contribution in [3.05, 3.63) is 29.3 Å². The molecule has 2 heterocycles. The third-order valence-corrected chi connectivity index (χ3v) is 4.88. The third-order valence-electron chi connectivity index (χ3n) is 4.88. The van der Waals surface area contributed by atoms with E-state index < -0.39 is 0 Å². The number of piperidine rings is 1. The number of aryl methyl sites for hydroxylation is 1. The summed E-state index contributed by atoms with van der Waals surface area (Å²) < 4.78 is 0. The maximum atomic E-state index is 12.6. The second-order valence-corrected chi connectivity index (χ2v) is 6.36. The van der Waals surface area contributed by atoms with Crippen LogP contribution in [0.1, 0.15) is 41.6 Å². The molecule has 114 valence electrons. The average Bonchev–Trinajstić information content (AvgIpc) is 3.00. The van der Waals surface area contributed by atoms with E-state index in [1.165, 1.54) is 32.4 Å². The van der Waals surface area contributed by atoms with Crippen LogP contribution in [0.3, 0.4) is 0 Å². The van der Waals surface area contributed by atoms with Crippen LogP contribution in [0.2, 0.25) is 0 Å². The normalized spacial score (nSPS) is 23.5. The van der Waals surface area contributed by atoms with Gasteiger partial charge in [-0.25, -0.2) is 0 Å². The predicted octanol–water partition coefficient (Wildman–Crippen LogP) is 2.28. The summed E-state index contributed by atoms with van der Waals surface area (Å²) in [7, 11) is 0. The first-order valence-corrected chi connectivity index (χ1v) is 8.04. The molecule has 0 aromatic heterocycles. The molecular formula is C17H25N3O. The molecule has 2 aliphatic rings. The van der Waals surface area contributed by atoms with Gasteiger partial charge in [0, 0.05) is 30.4 Å². The van der Waals surface area contributed by atoms with Gasteiger partial charge >= 0.3 is 0 Å². The summed E-state index contributed by atoms with van der Waals surface area (Å²) >= 11 is 0. The van der Waals surface area contributed by atoms with Crippen LogP contribution in [-0.4, -0.2) is 47.9 Å². The van der Waals surface area contributed by atoms with Crippen LogP contribution in [0.4, 0.5) is 5.69 Å². The highest BCUT2D eigenvalue weighted by molar-refractivity contribution is 5.95. The van der Waals surface area contributed by atoms with Crippen molar-refractivity contribution >= 4 is 11.6 Å². The SMILES string of the molecule is Cc1ccc(C(=O)N2CCC(N3CCCCC3)C2)cc1N. The monoisotopic (exact) mass is 287 g/mol. The number of carbonyl (C=O) groups excluding carboxylic acids is 1. The molecule has 2 fully saturated rings. The summed E-state index contributed by atoms with van der Waals surface area (Å²) in [6, 6.07) is 6.19. The van der Waals surface area contributed by atoms with Crippen molar-refractivity contribution in [1.29, 1.82) is 0 Å². The lowest BCUT2D eigenvalue weighted by atomic mass is 10.1. The number of amides is 1. The Morgan fingerprint density at radius 2 is 1.95 bits per heavy atom. The molecule has 1 amide bonds. The van der Waals surface area contributed by atoms with Gasteiger partial charge in [-0.3, -0.25) is 9.69 Å². The molecule has 0 bridgehead atoms. The highest BCUT2D eigenvalue weighted by atomic mass is 16.2. The molecule has 4 heteroatoms. The molecule has 1 unspecified atom stereocenters. The zero-order valence-corrected chi connectivity index (χ0v) is 12.8. The number of nitrogen functional groups attached to an aromatic ring is 1. The number of carbonyl (C=O) groups is 1. The fourth-order valence-corrected chi connectivity index (χ4v) is 3.46. The molecule has 1 aromatic carbocycles. The first-order chi connectivity index (χ1) is 10.1. The predicted molar refractivity (Wildman–Crippen MR) is 85.3 cm³/mol. The van der Waals surface area contributed by atoms with Crippen molar-refractivity contribution in [1.82, 2.24) is 9.80 Å². The standard InChI is InChI=1S/C17H25N3O/c1-13-5-6-14(11-16(13)18)17(21)20-10-7-15(12-20)19-8-3-2-4-9-19/h5-6,11,15H,2-4,7-10,12,18H2,1H3. The smallest absolute Gasteiger partial charge is 0.253 e. The van der Waals surface area contributed by atoms with E-state index in [1.54, 1.807) is 0 Å². The summed E-state index contributed by atoms with van der Waals surface area (Å²) in [6.07, 6.45) is 5.07. The minimum Gasteiger partial charge on any atom is -0.398 e. The van der Waals surface area contributed by atoms with Gasteiger partial charge in [0.1, 0.15) is 0 Å². The van der Waals surface area contributed by atoms with Gasteiger partial charge in [0.2, 0.25) is 0 Å². The van der Waals surface area contributed by atoms with Crippen molar-refractivity contribution in [3.63, 3.8) is 0 Å². The van der Waals surface area contributed by atoms with Crippen LogP contribution in [0.25, 0.3) is 0 Å². The first kappa shape index (κ1) is 14.4. The molecule has 2 saturated heterocycles. The van der Waals surface area contributed by atoms with Crippen LogP contribution in [0, 0.1) is 6.92 Å². The Hall–Kier alpha value is -1.55. The second-order valence-electron chi connectivity index (χ2n) is 6.36. The number of nitrogens with zero attached hydrogens (tertiary/aromatic N) is 2. The van der Waals surface area contributed by atoms with Gasteiger partial charge < -0.3 is 10.6 Å². The van der Waals surface area contributed by atoms with Crippen LogP contribution < -0.4 is 5.73 Å². The number of benzene rings is 1. The van der Waals surface area contributed by atoms with E-state index in [-0.39, 0.29) is 5.91 Å². The van der Waals surface area contributed by atoms with Crippen molar-refractivity contribution < 1.29 is 4.79 Å². The summed E-state index contributed by atoms with van der Waals surface area (Å²) in [5.74, 6) is 0.126. The summed E-state index contributed by atoms with van der Waals surface area (Å²) in [5.41, 5.74) is 8.37. The zero-order valence-electron chi connectivity index (χ0n) is 12.8. The van der Waals surface area contributed by atoms with Gasteiger partial charge in [0.05, 0.1) is 0 Å². The third kappa shape index (κ3) is 3.05. The number of hydrogen-bond donors (Lipinski definition) is 1. The van der Waals surface area contributed by atoms with E-state index in [0.717, 1.165) is 30.6 Å². The van der Waals surface area contributed by atoms with Gasteiger partial charge in [0.15, 0.2) is 0 Å². The Labute approximate surface area is 126 Å².